The van der Waals surface area contributed by atoms with Crippen LogP contribution in [0.1, 0.15) is 36.7 Å². The molecule has 7 nitrogen and oxygen atoms in total. The molecule has 4 rings (SSSR count). The molecule has 0 N–H and O–H groups in total. The highest BCUT2D eigenvalue weighted by atomic mass is 32.1. The van der Waals surface area contributed by atoms with Crippen LogP contribution in [0.15, 0.2) is 57.6 Å². The van der Waals surface area contributed by atoms with Crippen LogP contribution in [0, 0.1) is 6.92 Å². The van der Waals surface area contributed by atoms with Crippen molar-refractivity contribution < 1.29 is 9.53 Å². The lowest BCUT2D eigenvalue weighted by Gasteiger charge is -2.24. The third-order valence-corrected chi connectivity index (χ3v) is 6.25. The predicted octanol–water partition coefficient (Wildman–Crippen LogP) is 1.93. The molecule has 0 radical (unpaired) electrons. The number of carbonyl (C=O) groups excluding carboxylic acids is 1. The minimum atomic E-state index is -0.587. The number of aryl methyl sites for hydroxylation is 1. The van der Waals surface area contributed by atoms with Crippen LogP contribution in [0.5, 0.6) is 0 Å². The fourth-order valence-corrected chi connectivity index (χ4v) is 4.74. The Morgan fingerprint density at radius 3 is 2.63 bits per heavy atom. The molecule has 2 aromatic heterocycles. The number of hydrogen-bond donors (Lipinski definition) is 0. The molecule has 0 fully saturated rings. The van der Waals surface area contributed by atoms with Crippen LogP contribution in [-0.4, -0.2) is 27.4 Å². The third kappa shape index (κ3) is 3.23. The summed E-state index contributed by atoms with van der Waals surface area (Å²) in [5, 5.41) is 4.35. The molecule has 0 saturated carbocycles. The maximum atomic E-state index is 13.4. The number of methoxy groups -OCH3 is 1. The van der Waals surface area contributed by atoms with Crippen molar-refractivity contribution in [1.29, 1.82) is 0 Å². The Hall–Kier alpha value is -3.26. The lowest BCUT2D eigenvalue weighted by atomic mass is 9.96. The number of fused-ring (bicyclic) bond motifs is 1. The Morgan fingerprint density at radius 1 is 1.27 bits per heavy atom. The summed E-state index contributed by atoms with van der Waals surface area (Å²) in [5.74, 6) is -0.487. The Morgan fingerprint density at radius 2 is 2.00 bits per heavy atom. The van der Waals surface area contributed by atoms with E-state index < -0.39 is 12.0 Å². The first-order chi connectivity index (χ1) is 14.5. The second-order valence-electron chi connectivity index (χ2n) is 6.99. The summed E-state index contributed by atoms with van der Waals surface area (Å²) in [6.45, 7) is 6.53. The monoisotopic (exact) mass is 422 g/mol. The van der Waals surface area contributed by atoms with Crippen molar-refractivity contribution in [1.82, 2.24) is 14.3 Å². The first-order valence-electron chi connectivity index (χ1n) is 9.64. The Bertz CT molecular complexity index is 1330. The number of carbonyl (C=O) groups is 1. The third-order valence-electron chi connectivity index (χ3n) is 5.27. The van der Waals surface area contributed by atoms with Crippen LogP contribution in [0.4, 0.5) is 0 Å². The van der Waals surface area contributed by atoms with Crippen LogP contribution < -0.4 is 14.9 Å². The molecular formula is C22H22N4O3S. The SMILES string of the molecule is CCn1ncc(/C=c2/sc3n(c2=O)C(c2ccccc2)C(C(=O)OC)=C(C)N=3)c1C. The van der Waals surface area contributed by atoms with Crippen LogP contribution in [0.3, 0.4) is 0 Å². The molecule has 1 unspecified atom stereocenters. The van der Waals surface area contributed by atoms with Crippen molar-refractivity contribution >= 4 is 23.4 Å². The van der Waals surface area contributed by atoms with Crippen molar-refractivity contribution in [3.8, 4) is 0 Å². The maximum absolute atomic E-state index is 13.4. The number of thiazole rings is 1. The summed E-state index contributed by atoms with van der Waals surface area (Å²) >= 11 is 1.31. The average molecular weight is 423 g/mol. The predicted molar refractivity (Wildman–Crippen MR) is 115 cm³/mol. The van der Waals surface area contributed by atoms with Gasteiger partial charge in [0.25, 0.3) is 5.56 Å². The maximum Gasteiger partial charge on any atom is 0.338 e. The molecule has 0 spiro atoms. The summed E-state index contributed by atoms with van der Waals surface area (Å²) in [5.41, 5.74) is 3.45. The van der Waals surface area contributed by atoms with Crippen LogP contribution >= 0.6 is 11.3 Å². The molecule has 0 amide bonds. The molecule has 1 aliphatic heterocycles. The standard InChI is InChI=1S/C22H22N4O3S/c1-5-25-14(3)16(12-23-25)11-17-20(27)26-19(15-9-7-6-8-10-15)18(21(28)29-4)13(2)24-22(26)30-17/h6-12,19H,5H2,1-4H3/b17-11+. The van der Waals surface area contributed by atoms with Gasteiger partial charge >= 0.3 is 5.97 Å². The van der Waals surface area contributed by atoms with Crippen molar-refractivity contribution in [3.05, 3.63) is 84.3 Å². The van der Waals surface area contributed by atoms with Gasteiger partial charge in [0.05, 0.1) is 35.2 Å². The normalized spacial score (nSPS) is 16.4. The van der Waals surface area contributed by atoms with Gasteiger partial charge in [0.15, 0.2) is 4.80 Å². The zero-order valence-electron chi connectivity index (χ0n) is 17.2. The molecule has 30 heavy (non-hydrogen) atoms. The summed E-state index contributed by atoms with van der Waals surface area (Å²) in [7, 11) is 1.34. The molecule has 1 aromatic carbocycles. The Kier molecular flexibility index (Phi) is 5.26. The first kappa shape index (κ1) is 20.0. The number of rotatable bonds is 4. The van der Waals surface area contributed by atoms with Gasteiger partial charge in [-0.1, -0.05) is 41.7 Å². The summed E-state index contributed by atoms with van der Waals surface area (Å²) in [4.78, 5) is 31.1. The van der Waals surface area contributed by atoms with Gasteiger partial charge in [-0.25, -0.2) is 9.79 Å². The molecule has 0 aliphatic carbocycles. The molecule has 1 atom stereocenters. The number of benzene rings is 1. The van der Waals surface area contributed by atoms with Gasteiger partial charge in [-0.05, 0) is 32.4 Å². The Balaban J connectivity index is 1.97. The first-order valence-corrected chi connectivity index (χ1v) is 10.5. The topological polar surface area (TPSA) is 78.5 Å². The van der Waals surface area contributed by atoms with Crippen LogP contribution in [-0.2, 0) is 16.1 Å². The molecule has 8 heteroatoms. The Labute approximate surface area is 177 Å². The lowest BCUT2D eigenvalue weighted by molar-refractivity contribution is -0.136. The number of aromatic nitrogens is 3. The fraction of sp³-hybridized carbons (Fsp3) is 0.273. The number of allylic oxidation sites excluding steroid dienone is 1. The number of ether oxygens (including phenoxy) is 1. The van der Waals surface area contributed by atoms with E-state index in [4.69, 9.17) is 4.74 Å². The molecule has 154 valence electrons. The van der Waals surface area contributed by atoms with Crippen molar-refractivity contribution in [2.45, 2.75) is 33.4 Å². The van der Waals surface area contributed by atoms with Crippen molar-refractivity contribution in [2.75, 3.05) is 7.11 Å². The number of esters is 1. The summed E-state index contributed by atoms with van der Waals surface area (Å²) in [6.07, 6.45) is 3.61. The van der Waals surface area contributed by atoms with E-state index in [1.807, 2.05) is 54.9 Å². The van der Waals surface area contributed by atoms with E-state index in [9.17, 15) is 9.59 Å². The molecule has 0 bridgehead atoms. The van der Waals surface area contributed by atoms with E-state index in [2.05, 4.69) is 10.1 Å². The van der Waals surface area contributed by atoms with Gasteiger partial charge in [-0.2, -0.15) is 5.10 Å². The lowest BCUT2D eigenvalue weighted by Crippen LogP contribution is -2.39. The van der Waals surface area contributed by atoms with E-state index in [-0.39, 0.29) is 5.56 Å². The number of nitrogens with zero attached hydrogens (tertiary/aromatic N) is 4. The van der Waals surface area contributed by atoms with Gasteiger partial charge in [-0.15, -0.1) is 0 Å². The molecule has 3 aromatic rings. The van der Waals surface area contributed by atoms with E-state index in [0.29, 0.717) is 20.6 Å². The van der Waals surface area contributed by atoms with E-state index in [0.717, 1.165) is 23.4 Å². The van der Waals surface area contributed by atoms with E-state index in [1.165, 1.54) is 18.4 Å². The number of hydrogen-bond acceptors (Lipinski definition) is 6. The minimum Gasteiger partial charge on any atom is -0.466 e. The van der Waals surface area contributed by atoms with Gasteiger partial charge in [-0.3, -0.25) is 14.0 Å². The van der Waals surface area contributed by atoms with Gasteiger partial charge in [0.1, 0.15) is 0 Å². The zero-order chi connectivity index (χ0) is 21.4. The van der Waals surface area contributed by atoms with E-state index >= 15 is 0 Å². The molecule has 0 saturated heterocycles. The minimum absolute atomic E-state index is 0.190. The van der Waals surface area contributed by atoms with Gasteiger partial charge in [0, 0.05) is 17.8 Å². The average Bonchev–Trinajstić information content (AvgIpc) is 3.26. The quantitative estimate of drug-likeness (QED) is 0.602. The second kappa shape index (κ2) is 7.87. The highest BCUT2D eigenvalue weighted by Gasteiger charge is 2.32. The van der Waals surface area contributed by atoms with Crippen molar-refractivity contribution in [2.24, 2.45) is 4.99 Å². The largest absolute Gasteiger partial charge is 0.466 e. The van der Waals surface area contributed by atoms with Crippen LogP contribution in [0.2, 0.25) is 0 Å². The fourth-order valence-electron chi connectivity index (χ4n) is 3.71. The van der Waals surface area contributed by atoms with Gasteiger partial charge in [0.2, 0.25) is 0 Å². The highest BCUT2D eigenvalue weighted by molar-refractivity contribution is 7.07. The highest BCUT2D eigenvalue weighted by Crippen LogP contribution is 2.30. The van der Waals surface area contributed by atoms with Crippen LogP contribution in [0.25, 0.3) is 6.08 Å². The van der Waals surface area contributed by atoms with Crippen molar-refractivity contribution in [3.63, 3.8) is 0 Å². The van der Waals surface area contributed by atoms with E-state index in [1.54, 1.807) is 17.7 Å². The summed E-state index contributed by atoms with van der Waals surface area (Å²) in [6, 6.07) is 8.89. The van der Waals surface area contributed by atoms with Gasteiger partial charge < -0.3 is 4.74 Å². The molecule has 3 heterocycles. The molecular weight excluding hydrogens is 400 g/mol. The smallest absolute Gasteiger partial charge is 0.338 e. The summed E-state index contributed by atoms with van der Waals surface area (Å²) < 4.78 is 9.03. The molecule has 1 aliphatic rings. The zero-order valence-corrected chi connectivity index (χ0v) is 18.1. The second-order valence-corrected chi connectivity index (χ2v) is 7.99.